The van der Waals surface area contributed by atoms with Gasteiger partial charge in [-0.05, 0) is 12.1 Å². The first-order valence-electron chi connectivity index (χ1n) is 3.57. The summed E-state index contributed by atoms with van der Waals surface area (Å²) < 4.78 is 13.9. The second-order valence-corrected chi connectivity index (χ2v) is 4.04. The third kappa shape index (κ3) is 1.36. The van der Waals surface area contributed by atoms with Gasteiger partial charge in [0.25, 0.3) is 0 Å². The highest BCUT2D eigenvalue weighted by Crippen LogP contribution is 2.29. The normalized spacial score (nSPS) is 10.6. The first-order valence-corrected chi connectivity index (χ1v) is 4.90. The topological polar surface area (TPSA) is 17.1 Å². The zero-order valence-corrected chi connectivity index (χ0v) is 8.16. The summed E-state index contributed by atoms with van der Waals surface area (Å²) in [4.78, 5) is 11.3. The van der Waals surface area contributed by atoms with Gasteiger partial charge in [-0.3, -0.25) is 4.79 Å². The minimum Gasteiger partial charge on any atom is -0.298 e. The lowest BCUT2D eigenvalue weighted by Crippen LogP contribution is -1.83. The second-order valence-electron chi connectivity index (χ2n) is 2.61. The number of carbonyl (C=O) groups excluding carboxylic acids is 1. The van der Waals surface area contributed by atoms with Crippen molar-refractivity contribution in [3.8, 4) is 0 Å². The number of carbonyl (C=O) groups is 1. The Kier molecular flexibility index (Phi) is 2.09. The molecule has 0 bridgehead atoms. The lowest BCUT2D eigenvalue weighted by molar-refractivity contribution is 0.112. The SMILES string of the molecule is O=Cc1cc(S)cc2scc(F)c12. The van der Waals surface area contributed by atoms with Crippen molar-refractivity contribution in [2.45, 2.75) is 4.90 Å². The monoisotopic (exact) mass is 212 g/mol. The van der Waals surface area contributed by atoms with Gasteiger partial charge in [0.15, 0.2) is 6.29 Å². The summed E-state index contributed by atoms with van der Waals surface area (Å²) in [6, 6.07) is 3.31. The van der Waals surface area contributed by atoms with Gasteiger partial charge in [0.2, 0.25) is 0 Å². The highest BCUT2D eigenvalue weighted by atomic mass is 32.1. The molecule has 2 aromatic rings. The fraction of sp³-hybridized carbons (Fsp3) is 0. The summed E-state index contributed by atoms with van der Waals surface area (Å²) in [6.07, 6.45) is 0.651. The van der Waals surface area contributed by atoms with Gasteiger partial charge in [-0.15, -0.1) is 24.0 Å². The molecule has 1 aromatic carbocycles. The largest absolute Gasteiger partial charge is 0.298 e. The number of hydrogen-bond donors (Lipinski definition) is 1. The van der Waals surface area contributed by atoms with Crippen LogP contribution < -0.4 is 0 Å². The fourth-order valence-corrected chi connectivity index (χ4v) is 2.47. The predicted octanol–water partition coefficient (Wildman–Crippen LogP) is 3.14. The average molecular weight is 212 g/mol. The van der Waals surface area contributed by atoms with E-state index >= 15 is 0 Å². The van der Waals surface area contributed by atoms with Gasteiger partial charge in [-0.1, -0.05) is 0 Å². The molecule has 0 amide bonds. The molecule has 0 atom stereocenters. The molecule has 0 fully saturated rings. The van der Waals surface area contributed by atoms with E-state index in [9.17, 15) is 9.18 Å². The zero-order chi connectivity index (χ0) is 9.42. The number of aldehydes is 1. The molecule has 1 aromatic heterocycles. The molecule has 0 spiro atoms. The Labute approximate surface area is 83.6 Å². The maximum absolute atomic E-state index is 13.2. The summed E-state index contributed by atoms with van der Waals surface area (Å²) in [5.41, 5.74) is 0.362. The van der Waals surface area contributed by atoms with E-state index in [4.69, 9.17) is 0 Å². The number of thiophene rings is 1. The fourth-order valence-electron chi connectivity index (χ4n) is 1.24. The molecule has 66 valence electrons. The van der Waals surface area contributed by atoms with Crippen molar-refractivity contribution in [2.75, 3.05) is 0 Å². The molecule has 1 heterocycles. The maximum Gasteiger partial charge on any atom is 0.150 e. The number of halogens is 1. The number of benzene rings is 1. The maximum atomic E-state index is 13.2. The first-order chi connectivity index (χ1) is 6.22. The lowest BCUT2D eigenvalue weighted by atomic mass is 10.1. The molecule has 2 rings (SSSR count). The van der Waals surface area contributed by atoms with E-state index in [-0.39, 0.29) is 5.82 Å². The molecule has 1 nitrogen and oxygen atoms in total. The summed E-state index contributed by atoms with van der Waals surface area (Å²) in [5.74, 6) is -0.338. The molecule has 0 aliphatic carbocycles. The van der Waals surface area contributed by atoms with Crippen molar-refractivity contribution >= 4 is 40.3 Å². The Balaban J connectivity index is 2.92. The van der Waals surface area contributed by atoms with Crippen molar-refractivity contribution in [3.63, 3.8) is 0 Å². The minimum atomic E-state index is -0.338. The molecule has 0 aliphatic rings. The van der Waals surface area contributed by atoms with Crippen LogP contribution in [0.3, 0.4) is 0 Å². The minimum absolute atomic E-state index is 0.338. The van der Waals surface area contributed by atoms with Crippen molar-refractivity contribution in [2.24, 2.45) is 0 Å². The van der Waals surface area contributed by atoms with Crippen LogP contribution in [-0.2, 0) is 0 Å². The van der Waals surface area contributed by atoms with Crippen LogP contribution in [0.15, 0.2) is 22.4 Å². The second kappa shape index (κ2) is 3.12. The van der Waals surface area contributed by atoms with E-state index in [0.29, 0.717) is 22.1 Å². The molecule has 0 unspecified atom stereocenters. The van der Waals surface area contributed by atoms with Gasteiger partial charge in [-0.25, -0.2) is 4.39 Å². The summed E-state index contributed by atoms with van der Waals surface area (Å²) in [6.45, 7) is 0. The molecular formula is C9H5FOS2. The standard InChI is InChI=1S/C9H5FOS2/c10-7-4-13-8-2-6(12)1-5(3-11)9(7)8/h1-4,12H. The van der Waals surface area contributed by atoms with Crippen molar-refractivity contribution in [1.82, 2.24) is 0 Å². The molecule has 0 aliphatic heterocycles. The van der Waals surface area contributed by atoms with Gasteiger partial charge in [0.05, 0.1) is 0 Å². The van der Waals surface area contributed by atoms with Crippen LogP contribution in [0, 0.1) is 5.82 Å². The van der Waals surface area contributed by atoms with Gasteiger partial charge >= 0.3 is 0 Å². The van der Waals surface area contributed by atoms with Gasteiger partial charge < -0.3 is 0 Å². The lowest BCUT2D eigenvalue weighted by Gasteiger charge is -1.96. The van der Waals surface area contributed by atoms with Crippen LogP contribution in [0.4, 0.5) is 4.39 Å². The van der Waals surface area contributed by atoms with Gasteiger partial charge in [0.1, 0.15) is 5.82 Å². The Morgan fingerprint density at radius 3 is 2.92 bits per heavy atom. The molecule has 0 saturated carbocycles. The van der Waals surface area contributed by atoms with Crippen LogP contribution in [0.2, 0.25) is 0 Å². The average Bonchev–Trinajstić information content (AvgIpc) is 2.46. The molecule has 0 N–H and O–H groups in total. The van der Waals surface area contributed by atoms with E-state index in [0.717, 1.165) is 4.70 Å². The smallest absolute Gasteiger partial charge is 0.150 e. The van der Waals surface area contributed by atoms with E-state index < -0.39 is 0 Å². The van der Waals surface area contributed by atoms with Crippen LogP contribution >= 0.6 is 24.0 Å². The number of fused-ring (bicyclic) bond motifs is 1. The van der Waals surface area contributed by atoms with Crippen LogP contribution in [0.25, 0.3) is 10.1 Å². The highest BCUT2D eigenvalue weighted by Gasteiger charge is 2.08. The molecule has 4 heteroatoms. The van der Waals surface area contributed by atoms with Crippen molar-refractivity contribution in [1.29, 1.82) is 0 Å². The third-order valence-corrected chi connectivity index (χ3v) is 2.93. The number of thiol groups is 1. The Morgan fingerprint density at radius 2 is 2.23 bits per heavy atom. The van der Waals surface area contributed by atoms with Crippen LogP contribution in [0.5, 0.6) is 0 Å². The van der Waals surface area contributed by atoms with E-state index in [2.05, 4.69) is 12.6 Å². The summed E-state index contributed by atoms with van der Waals surface area (Å²) >= 11 is 5.39. The quantitative estimate of drug-likeness (QED) is 0.567. The van der Waals surface area contributed by atoms with E-state index in [1.165, 1.54) is 16.7 Å². The molecule has 0 saturated heterocycles. The van der Waals surface area contributed by atoms with Crippen LogP contribution in [0.1, 0.15) is 10.4 Å². The van der Waals surface area contributed by atoms with Gasteiger partial charge in [0, 0.05) is 25.9 Å². The first kappa shape index (κ1) is 8.72. The van der Waals surface area contributed by atoms with Crippen molar-refractivity contribution in [3.05, 3.63) is 28.9 Å². The molecule has 0 radical (unpaired) electrons. The summed E-state index contributed by atoms with van der Waals surface area (Å²) in [7, 11) is 0. The summed E-state index contributed by atoms with van der Waals surface area (Å²) in [5, 5.41) is 1.79. The zero-order valence-electron chi connectivity index (χ0n) is 6.45. The van der Waals surface area contributed by atoms with Crippen molar-refractivity contribution < 1.29 is 9.18 Å². The third-order valence-electron chi connectivity index (χ3n) is 1.77. The van der Waals surface area contributed by atoms with Gasteiger partial charge in [-0.2, -0.15) is 0 Å². The van der Waals surface area contributed by atoms with Crippen LogP contribution in [-0.4, -0.2) is 6.29 Å². The number of hydrogen-bond acceptors (Lipinski definition) is 3. The van der Waals surface area contributed by atoms with E-state index in [1.807, 2.05) is 0 Å². The Morgan fingerprint density at radius 1 is 1.46 bits per heavy atom. The highest BCUT2D eigenvalue weighted by molar-refractivity contribution is 7.80. The predicted molar refractivity (Wildman–Crippen MR) is 54.4 cm³/mol. The Hall–Kier alpha value is -0.870. The Bertz CT molecular complexity index is 476. The van der Waals surface area contributed by atoms with E-state index in [1.54, 1.807) is 12.1 Å². The molecule has 13 heavy (non-hydrogen) atoms. The molecular weight excluding hydrogens is 207 g/mol. The number of rotatable bonds is 1.